The number of hydrogen-bond acceptors (Lipinski definition) is 4. The minimum Gasteiger partial charge on any atom is -0.346 e. The van der Waals surface area contributed by atoms with Crippen molar-refractivity contribution in [2.75, 3.05) is 31.5 Å². The molecule has 0 saturated heterocycles. The Hall–Kier alpha value is -2.41. The number of rotatable bonds is 7. The number of nitrogens with one attached hydrogen (secondary N) is 2. The molecule has 7 nitrogen and oxygen atoms in total. The normalized spacial score (nSPS) is 9.95. The molecular formula is C15H22N4O3. The van der Waals surface area contributed by atoms with Gasteiger partial charge in [-0.15, -0.1) is 0 Å². The van der Waals surface area contributed by atoms with E-state index in [2.05, 4.69) is 10.6 Å². The molecule has 3 amide bonds. The van der Waals surface area contributed by atoms with Gasteiger partial charge in [0.1, 0.15) is 0 Å². The van der Waals surface area contributed by atoms with Gasteiger partial charge in [0.2, 0.25) is 11.8 Å². The fourth-order valence-electron chi connectivity index (χ4n) is 1.88. The standard InChI is InChI=1S/C15H22N4O3/c1-3-19(4-2)15(22)11-6-5-7-12(8-11)18-14(21)10-17-13(20)9-16/h5-8H,3-4,9-10,16H2,1-2H3,(H,17,20)(H,18,21). The maximum Gasteiger partial charge on any atom is 0.253 e. The zero-order chi connectivity index (χ0) is 16.5. The molecule has 0 atom stereocenters. The molecule has 22 heavy (non-hydrogen) atoms. The Labute approximate surface area is 129 Å². The van der Waals surface area contributed by atoms with Crippen LogP contribution in [0.1, 0.15) is 24.2 Å². The summed E-state index contributed by atoms with van der Waals surface area (Å²) >= 11 is 0. The number of amides is 3. The summed E-state index contributed by atoms with van der Waals surface area (Å²) in [4.78, 5) is 36.6. The van der Waals surface area contributed by atoms with Gasteiger partial charge in [-0.05, 0) is 32.0 Å². The molecular weight excluding hydrogens is 284 g/mol. The van der Waals surface area contributed by atoms with E-state index in [-0.39, 0.29) is 24.9 Å². The van der Waals surface area contributed by atoms with Crippen LogP contribution in [-0.4, -0.2) is 48.8 Å². The first-order valence-corrected chi connectivity index (χ1v) is 7.17. The molecule has 0 aliphatic carbocycles. The molecule has 1 aromatic carbocycles. The molecule has 0 heterocycles. The van der Waals surface area contributed by atoms with Gasteiger partial charge in [0, 0.05) is 24.3 Å². The van der Waals surface area contributed by atoms with Gasteiger partial charge >= 0.3 is 0 Å². The fourth-order valence-corrected chi connectivity index (χ4v) is 1.88. The van der Waals surface area contributed by atoms with Gasteiger partial charge in [0.25, 0.3) is 5.91 Å². The molecule has 0 spiro atoms. The van der Waals surface area contributed by atoms with Crippen LogP contribution in [0.4, 0.5) is 5.69 Å². The average molecular weight is 306 g/mol. The van der Waals surface area contributed by atoms with Gasteiger partial charge in [-0.1, -0.05) is 6.07 Å². The van der Waals surface area contributed by atoms with Gasteiger partial charge in [-0.3, -0.25) is 14.4 Å². The van der Waals surface area contributed by atoms with Gasteiger partial charge in [-0.25, -0.2) is 0 Å². The largest absolute Gasteiger partial charge is 0.346 e. The Bertz CT molecular complexity index is 541. The van der Waals surface area contributed by atoms with Crippen LogP contribution >= 0.6 is 0 Å². The summed E-state index contributed by atoms with van der Waals surface area (Å²) in [7, 11) is 0. The number of hydrogen-bond donors (Lipinski definition) is 3. The minimum atomic E-state index is -0.402. The van der Waals surface area contributed by atoms with Crippen molar-refractivity contribution in [1.82, 2.24) is 10.2 Å². The Balaban J connectivity index is 2.70. The highest BCUT2D eigenvalue weighted by molar-refractivity contribution is 5.98. The van der Waals surface area contributed by atoms with E-state index < -0.39 is 5.91 Å². The number of carbonyl (C=O) groups is 3. The monoisotopic (exact) mass is 306 g/mol. The fraction of sp³-hybridized carbons (Fsp3) is 0.400. The second-order valence-corrected chi connectivity index (χ2v) is 4.59. The second-order valence-electron chi connectivity index (χ2n) is 4.59. The molecule has 0 aliphatic rings. The molecule has 0 unspecified atom stereocenters. The molecule has 0 aliphatic heterocycles. The Morgan fingerprint density at radius 3 is 2.41 bits per heavy atom. The Kier molecular flexibility index (Phi) is 7.04. The average Bonchev–Trinajstić information content (AvgIpc) is 2.53. The summed E-state index contributed by atoms with van der Waals surface area (Å²) in [6.45, 7) is 4.74. The highest BCUT2D eigenvalue weighted by Gasteiger charge is 2.13. The van der Waals surface area contributed by atoms with E-state index in [9.17, 15) is 14.4 Å². The van der Waals surface area contributed by atoms with Crippen molar-refractivity contribution in [2.24, 2.45) is 5.73 Å². The third-order valence-electron chi connectivity index (χ3n) is 3.08. The first-order valence-electron chi connectivity index (χ1n) is 7.17. The summed E-state index contributed by atoms with van der Waals surface area (Å²) in [5, 5.41) is 5.00. The Morgan fingerprint density at radius 1 is 1.14 bits per heavy atom. The molecule has 0 saturated carbocycles. The smallest absolute Gasteiger partial charge is 0.253 e. The van der Waals surface area contributed by atoms with Crippen LogP contribution in [0.3, 0.4) is 0 Å². The summed E-state index contributed by atoms with van der Waals surface area (Å²) in [6, 6.07) is 6.70. The quantitative estimate of drug-likeness (QED) is 0.668. The van der Waals surface area contributed by atoms with Crippen molar-refractivity contribution >= 4 is 23.4 Å². The lowest BCUT2D eigenvalue weighted by molar-refractivity contribution is -0.123. The molecule has 7 heteroatoms. The van der Waals surface area contributed by atoms with E-state index in [0.29, 0.717) is 24.3 Å². The summed E-state index contributed by atoms with van der Waals surface area (Å²) in [5.74, 6) is -0.868. The first-order chi connectivity index (χ1) is 10.5. The first kappa shape index (κ1) is 17.6. The zero-order valence-electron chi connectivity index (χ0n) is 12.9. The minimum absolute atomic E-state index is 0.0856. The van der Waals surface area contributed by atoms with Crippen molar-refractivity contribution in [1.29, 1.82) is 0 Å². The van der Waals surface area contributed by atoms with Gasteiger partial charge in [-0.2, -0.15) is 0 Å². The number of carbonyl (C=O) groups excluding carboxylic acids is 3. The van der Waals surface area contributed by atoms with Crippen LogP contribution in [0.5, 0.6) is 0 Å². The van der Waals surface area contributed by atoms with E-state index in [1.807, 2.05) is 13.8 Å². The highest BCUT2D eigenvalue weighted by Crippen LogP contribution is 2.12. The lowest BCUT2D eigenvalue weighted by Crippen LogP contribution is -2.36. The van der Waals surface area contributed by atoms with Gasteiger partial charge < -0.3 is 21.3 Å². The lowest BCUT2D eigenvalue weighted by Gasteiger charge is -2.19. The lowest BCUT2D eigenvalue weighted by atomic mass is 10.1. The van der Waals surface area contributed by atoms with Crippen LogP contribution in [0.15, 0.2) is 24.3 Å². The molecule has 4 N–H and O–H groups in total. The zero-order valence-corrected chi connectivity index (χ0v) is 12.9. The maximum absolute atomic E-state index is 12.2. The van der Waals surface area contributed by atoms with E-state index in [1.165, 1.54) is 0 Å². The van der Waals surface area contributed by atoms with E-state index >= 15 is 0 Å². The number of benzene rings is 1. The van der Waals surface area contributed by atoms with Crippen molar-refractivity contribution < 1.29 is 14.4 Å². The van der Waals surface area contributed by atoms with Crippen LogP contribution in [-0.2, 0) is 9.59 Å². The highest BCUT2D eigenvalue weighted by atomic mass is 16.2. The van der Waals surface area contributed by atoms with Crippen molar-refractivity contribution in [3.63, 3.8) is 0 Å². The van der Waals surface area contributed by atoms with Crippen LogP contribution in [0.25, 0.3) is 0 Å². The Morgan fingerprint density at radius 2 is 1.82 bits per heavy atom. The van der Waals surface area contributed by atoms with E-state index in [0.717, 1.165) is 0 Å². The van der Waals surface area contributed by atoms with Crippen molar-refractivity contribution in [2.45, 2.75) is 13.8 Å². The molecule has 120 valence electrons. The van der Waals surface area contributed by atoms with Gasteiger partial charge in [0.05, 0.1) is 13.1 Å². The third-order valence-corrected chi connectivity index (χ3v) is 3.08. The topological polar surface area (TPSA) is 105 Å². The summed E-state index contributed by atoms with van der Waals surface area (Å²) in [6.07, 6.45) is 0. The predicted molar refractivity (Wildman–Crippen MR) is 84.4 cm³/mol. The molecule has 1 aromatic rings. The SMILES string of the molecule is CCN(CC)C(=O)c1cccc(NC(=O)CNC(=O)CN)c1. The van der Waals surface area contributed by atoms with Crippen LogP contribution in [0, 0.1) is 0 Å². The molecule has 0 bridgehead atoms. The summed E-state index contributed by atoms with van der Waals surface area (Å²) < 4.78 is 0. The molecule has 0 radical (unpaired) electrons. The number of nitrogens with zero attached hydrogens (tertiary/aromatic N) is 1. The van der Waals surface area contributed by atoms with E-state index in [1.54, 1.807) is 29.2 Å². The van der Waals surface area contributed by atoms with Crippen LogP contribution < -0.4 is 16.4 Å². The van der Waals surface area contributed by atoms with Crippen LogP contribution in [0.2, 0.25) is 0 Å². The molecule has 0 fully saturated rings. The summed E-state index contributed by atoms with van der Waals surface area (Å²) in [5.41, 5.74) is 6.14. The predicted octanol–water partition coefficient (Wildman–Crippen LogP) is 0.182. The molecule has 0 aromatic heterocycles. The number of nitrogens with two attached hydrogens (primary N) is 1. The molecule has 1 rings (SSSR count). The number of anilines is 1. The third kappa shape index (κ3) is 5.17. The van der Waals surface area contributed by atoms with E-state index in [4.69, 9.17) is 5.73 Å². The maximum atomic E-state index is 12.2. The van der Waals surface area contributed by atoms with Crippen molar-refractivity contribution in [3.05, 3.63) is 29.8 Å². The second kappa shape index (κ2) is 8.78. The van der Waals surface area contributed by atoms with Crippen molar-refractivity contribution in [3.8, 4) is 0 Å². The van der Waals surface area contributed by atoms with Gasteiger partial charge in [0.15, 0.2) is 0 Å².